The van der Waals surface area contributed by atoms with Crippen LogP contribution in [0, 0.1) is 0 Å². The number of amides is 1. The molecular formula is C32H27F6NO5S. The van der Waals surface area contributed by atoms with Crippen LogP contribution >= 0.6 is 11.8 Å². The molecule has 45 heavy (non-hydrogen) atoms. The number of nitrogens with one attached hydrogen (secondary N) is 1. The highest BCUT2D eigenvalue weighted by Gasteiger charge is 2.38. The van der Waals surface area contributed by atoms with Crippen LogP contribution < -0.4 is 14.8 Å². The van der Waals surface area contributed by atoms with E-state index < -0.39 is 46.5 Å². The predicted molar refractivity (Wildman–Crippen MR) is 157 cm³/mol. The van der Waals surface area contributed by atoms with E-state index in [2.05, 4.69) is 10.1 Å². The van der Waals surface area contributed by atoms with Crippen LogP contribution in [0.5, 0.6) is 11.5 Å². The molecule has 0 spiro atoms. The van der Waals surface area contributed by atoms with Crippen molar-refractivity contribution >= 4 is 34.4 Å². The van der Waals surface area contributed by atoms with Gasteiger partial charge < -0.3 is 19.9 Å². The van der Waals surface area contributed by atoms with Gasteiger partial charge in [-0.2, -0.15) is 13.2 Å². The maximum Gasteiger partial charge on any atom is 0.573 e. The summed E-state index contributed by atoms with van der Waals surface area (Å²) in [6, 6.07) is 18.3. The van der Waals surface area contributed by atoms with Gasteiger partial charge in [0.15, 0.2) is 0 Å². The fourth-order valence-electron chi connectivity index (χ4n) is 4.46. The topological polar surface area (TPSA) is 84.9 Å². The molecule has 0 aliphatic heterocycles. The Morgan fingerprint density at radius 1 is 0.867 bits per heavy atom. The first-order valence-electron chi connectivity index (χ1n) is 13.4. The SMILES string of the molecule is CC(C)(SCc1ccccc1OC(F)(F)F)C(NC(=O)c1ccc2ccccc2c1OCc1ccc(C(F)(F)F)cc1)C(=O)O. The second kappa shape index (κ2) is 13.3. The van der Waals surface area contributed by atoms with Crippen LogP contribution in [0.15, 0.2) is 84.9 Å². The number of ether oxygens (including phenoxy) is 2. The average Bonchev–Trinajstić information content (AvgIpc) is 2.96. The zero-order valence-electron chi connectivity index (χ0n) is 23.8. The summed E-state index contributed by atoms with van der Waals surface area (Å²) in [6.07, 6.45) is -9.42. The van der Waals surface area contributed by atoms with Crippen molar-refractivity contribution in [1.82, 2.24) is 5.32 Å². The molecule has 0 fully saturated rings. The molecule has 0 radical (unpaired) electrons. The van der Waals surface area contributed by atoms with Gasteiger partial charge in [0.1, 0.15) is 24.1 Å². The molecule has 0 heterocycles. The molecule has 6 nitrogen and oxygen atoms in total. The van der Waals surface area contributed by atoms with Gasteiger partial charge >= 0.3 is 18.5 Å². The van der Waals surface area contributed by atoms with Crippen molar-refractivity contribution in [1.29, 1.82) is 0 Å². The van der Waals surface area contributed by atoms with Crippen LogP contribution in [0.25, 0.3) is 10.8 Å². The zero-order valence-corrected chi connectivity index (χ0v) is 24.6. The second-order valence-corrected chi connectivity index (χ2v) is 12.1. The van der Waals surface area contributed by atoms with Crippen molar-refractivity contribution in [3.05, 3.63) is 107 Å². The summed E-state index contributed by atoms with van der Waals surface area (Å²) >= 11 is 1.01. The third-order valence-corrected chi connectivity index (χ3v) is 8.24. The minimum Gasteiger partial charge on any atom is -0.487 e. The zero-order chi connectivity index (χ0) is 33.0. The fraction of sp³-hybridized carbons (Fsp3) is 0.250. The summed E-state index contributed by atoms with van der Waals surface area (Å²) < 4.78 is 86.4. The molecule has 238 valence electrons. The third-order valence-electron chi connectivity index (χ3n) is 6.80. The first kappa shape index (κ1) is 33.5. The van der Waals surface area contributed by atoms with E-state index in [1.54, 1.807) is 30.3 Å². The Hall–Kier alpha value is -4.39. The first-order chi connectivity index (χ1) is 21.0. The molecule has 0 aliphatic carbocycles. The van der Waals surface area contributed by atoms with Gasteiger partial charge in [0.25, 0.3) is 5.91 Å². The Labute approximate surface area is 258 Å². The quantitative estimate of drug-likeness (QED) is 0.159. The van der Waals surface area contributed by atoms with Crippen LogP contribution in [0.3, 0.4) is 0 Å². The third kappa shape index (κ3) is 8.62. The number of carboxylic acid groups (broad SMARTS) is 1. The number of alkyl halides is 6. The highest BCUT2D eigenvalue weighted by molar-refractivity contribution is 7.99. The van der Waals surface area contributed by atoms with E-state index in [1.165, 1.54) is 50.2 Å². The molecule has 0 aromatic heterocycles. The van der Waals surface area contributed by atoms with Gasteiger partial charge in [-0.25, -0.2) is 4.79 Å². The summed E-state index contributed by atoms with van der Waals surface area (Å²) in [5.74, 6) is -2.57. The molecule has 4 aromatic carbocycles. The van der Waals surface area contributed by atoms with Crippen molar-refractivity contribution in [2.45, 2.75) is 49.5 Å². The number of carbonyl (C=O) groups excluding carboxylic acids is 1. The maximum atomic E-state index is 13.6. The van der Waals surface area contributed by atoms with Crippen molar-refractivity contribution in [3.8, 4) is 11.5 Å². The van der Waals surface area contributed by atoms with Gasteiger partial charge in [-0.15, -0.1) is 24.9 Å². The normalized spacial score (nSPS) is 12.9. The molecule has 4 aromatic rings. The van der Waals surface area contributed by atoms with Crippen LogP contribution in [0.4, 0.5) is 26.3 Å². The Balaban J connectivity index is 1.57. The van der Waals surface area contributed by atoms with Crippen LogP contribution in [0.2, 0.25) is 0 Å². The van der Waals surface area contributed by atoms with Gasteiger partial charge in [0, 0.05) is 21.4 Å². The maximum absolute atomic E-state index is 13.6. The Kier molecular flexibility index (Phi) is 9.91. The number of rotatable bonds is 11. The lowest BCUT2D eigenvalue weighted by Gasteiger charge is -2.32. The summed E-state index contributed by atoms with van der Waals surface area (Å²) in [5, 5.41) is 13.8. The molecule has 1 atom stereocenters. The molecule has 1 amide bonds. The van der Waals surface area contributed by atoms with Gasteiger partial charge in [0.05, 0.1) is 11.1 Å². The van der Waals surface area contributed by atoms with E-state index in [0.717, 1.165) is 30.0 Å². The molecule has 0 bridgehead atoms. The summed E-state index contributed by atoms with van der Waals surface area (Å²) in [4.78, 5) is 26.0. The fourth-order valence-corrected chi connectivity index (χ4v) is 5.55. The molecule has 1 unspecified atom stereocenters. The molecule has 13 heteroatoms. The van der Waals surface area contributed by atoms with E-state index in [-0.39, 0.29) is 29.2 Å². The summed E-state index contributed by atoms with van der Waals surface area (Å²) in [6.45, 7) is 2.88. The van der Waals surface area contributed by atoms with Gasteiger partial charge in [-0.1, -0.05) is 60.7 Å². The monoisotopic (exact) mass is 651 g/mol. The number of hydrogen-bond donors (Lipinski definition) is 2. The lowest BCUT2D eigenvalue weighted by atomic mass is 10.0. The number of carbonyl (C=O) groups is 2. The van der Waals surface area contributed by atoms with Gasteiger partial charge in [-0.05, 0) is 49.1 Å². The lowest BCUT2D eigenvalue weighted by Crippen LogP contribution is -2.52. The smallest absolute Gasteiger partial charge is 0.487 e. The number of fused-ring (bicyclic) bond motifs is 1. The van der Waals surface area contributed by atoms with Gasteiger partial charge in [0.2, 0.25) is 0 Å². The van der Waals surface area contributed by atoms with E-state index in [9.17, 15) is 41.0 Å². The molecule has 0 saturated heterocycles. The molecule has 0 saturated carbocycles. The van der Waals surface area contributed by atoms with Crippen molar-refractivity contribution in [3.63, 3.8) is 0 Å². The minimum atomic E-state index is -4.92. The Morgan fingerprint density at radius 3 is 2.16 bits per heavy atom. The van der Waals surface area contributed by atoms with Gasteiger partial charge in [-0.3, -0.25) is 4.79 Å². The number of aliphatic carboxylic acids is 1. The molecule has 4 rings (SSSR count). The largest absolute Gasteiger partial charge is 0.573 e. The number of para-hydroxylation sites is 1. The van der Waals surface area contributed by atoms with E-state index in [4.69, 9.17) is 4.74 Å². The van der Waals surface area contributed by atoms with Crippen molar-refractivity contribution in [2.24, 2.45) is 0 Å². The van der Waals surface area contributed by atoms with E-state index in [0.29, 0.717) is 16.3 Å². The lowest BCUT2D eigenvalue weighted by molar-refractivity contribution is -0.274. The van der Waals surface area contributed by atoms with E-state index in [1.807, 2.05) is 0 Å². The molecular weight excluding hydrogens is 624 g/mol. The number of benzene rings is 4. The summed E-state index contributed by atoms with van der Waals surface area (Å²) in [5.41, 5.74) is -0.264. The van der Waals surface area contributed by atoms with E-state index >= 15 is 0 Å². The van der Waals surface area contributed by atoms with Crippen LogP contribution in [-0.2, 0) is 23.3 Å². The minimum absolute atomic E-state index is 0.0171. The molecule has 2 N–H and O–H groups in total. The second-order valence-electron chi connectivity index (χ2n) is 10.4. The number of halogens is 6. The Bertz CT molecular complexity index is 1670. The molecule has 0 aliphatic rings. The predicted octanol–water partition coefficient (Wildman–Crippen LogP) is 8.23. The number of carboxylic acids is 1. The average molecular weight is 652 g/mol. The van der Waals surface area contributed by atoms with Crippen molar-refractivity contribution in [2.75, 3.05) is 0 Å². The first-order valence-corrected chi connectivity index (χ1v) is 14.4. The van der Waals surface area contributed by atoms with Crippen LogP contribution in [0.1, 0.15) is 40.9 Å². The number of thioether (sulfide) groups is 1. The highest BCUT2D eigenvalue weighted by atomic mass is 32.2. The Morgan fingerprint density at radius 2 is 1.51 bits per heavy atom. The standard InChI is InChI=1S/C32H27F6NO5S/c1-30(2,45-18-21-8-4-6-10-25(21)44-32(36,37)38)27(29(41)42)39-28(40)24-16-13-20-7-3-5-9-23(20)26(24)43-17-19-11-14-22(15-12-19)31(33,34)35/h3-16,27H,17-18H2,1-2H3,(H,39,40)(H,41,42). The summed E-state index contributed by atoms with van der Waals surface area (Å²) in [7, 11) is 0. The highest BCUT2D eigenvalue weighted by Crippen LogP contribution is 2.37. The van der Waals surface area contributed by atoms with Crippen molar-refractivity contribution < 1.29 is 50.5 Å². The number of hydrogen-bond acceptors (Lipinski definition) is 5. The van der Waals surface area contributed by atoms with Crippen LogP contribution in [-0.4, -0.2) is 34.1 Å².